The second kappa shape index (κ2) is 11.6. The number of aryl methyl sites for hydroxylation is 2. The summed E-state index contributed by atoms with van der Waals surface area (Å²) in [6.45, 7) is 6.62. The van der Waals surface area contributed by atoms with Crippen LogP contribution in [0.25, 0.3) is 0 Å². The lowest BCUT2D eigenvalue weighted by Gasteiger charge is -2.10. The van der Waals surface area contributed by atoms with Gasteiger partial charge in [-0.25, -0.2) is 0 Å². The molecule has 0 saturated heterocycles. The summed E-state index contributed by atoms with van der Waals surface area (Å²) in [6, 6.07) is 12.4. The summed E-state index contributed by atoms with van der Waals surface area (Å²) in [6.07, 6.45) is 1.92. The normalized spacial score (nSPS) is 10.2. The van der Waals surface area contributed by atoms with Gasteiger partial charge in [0.15, 0.2) is 0 Å². The van der Waals surface area contributed by atoms with Crippen molar-refractivity contribution in [2.75, 3.05) is 11.9 Å². The van der Waals surface area contributed by atoms with E-state index >= 15 is 0 Å². The molecule has 0 aliphatic carbocycles. The van der Waals surface area contributed by atoms with Gasteiger partial charge in [-0.3, -0.25) is 25.2 Å². The first-order chi connectivity index (χ1) is 14.4. The first-order valence-corrected chi connectivity index (χ1v) is 10.1. The molecule has 30 heavy (non-hydrogen) atoms. The van der Waals surface area contributed by atoms with Crippen LogP contribution in [0.5, 0.6) is 5.75 Å². The zero-order chi connectivity index (χ0) is 21.9. The van der Waals surface area contributed by atoms with Crippen molar-refractivity contribution in [1.82, 2.24) is 10.9 Å². The van der Waals surface area contributed by atoms with E-state index in [4.69, 9.17) is 4.74 Å². The third kappa shape index (κ3) is 7.58. The Morgan fingerprint density at radius 2 is 1.67 bits per heavy atom. The highest BCUT2D eigenvalue weighted by Crippen LogP contribution is 2.15. The van der Waals surface area contributed by atoms with Crippen molar-refractivity contribution >= 4 is 23.4 Å². The highest BCUT2D eigenvalue weighted by atomic mass is 16.5. The molecule has 2 aromatic carbocycles. The molecule has 0 spiro atoms. The fourth-order valence-electron chi connectivity index (χ4n) is 2.59. The largest absolute Gasteiger partial charge is 0.494 e. The molecular formula is C23H29N3O4. The standard InChI is InChI=1S/C23H29N3O4/c1-4-5-13-30-20-8-6-7-18(15-20)23(29)26-25-22(28)12-11-21(27)24-19-10-9-16(2)17(3)14-19/h6-10,14-15H,4-5,11-13H2,1-3H3,(H,24,27)(H,25,28)(H,26,29). The highest BCUT2D eigenvalue weighted by Gasteiger charge is 2.11. The number of ether oxygens (including phenoxy) is 1. The van der Waals surface area contributed by atoms with Crippen molar-refractivity contribution in [3.63, 3.8) is 0 Å². The van der Waals surface area contributed by atoms with E-state index in [2.05, 4.69) is 23.1 Å². The van der Waals surface area contributed by atoms with Crippen molar-refractivity contribution < 1.29 is 19.1 Å². The van der Waals surface area contributed by atoms with Crippen molar-refractivity contribution in [3.8, 4) is 5.75 Å². The van der Waals surface area contributed by atoms with Gasteiger partial charge in [-0.1, -0.05) is 25.5 Å². The fraction of sp³-hybridized carbons (Fsp3) is 0.348. The van der Waals surface area contributed by atoms with E-state index in [1.54, 1.807) is 24.3 Å². The van der Waals surface area contributed by atoms with Crippen LogP contribution in [-0.2, 0) is 9.59 Å². The first kappa shape index (κ1) is 22.9. The van der Waals surface area contributed by atoms with Crippen molar-refractivity contribution in [2.24, 2.45) is 0 Å². The molecule has 0 aliphatic heterocycles. The van der Waals surface area contributed by atoms with Gasteiger partial charge in [0.25, 0.3) is 5.91 Å². The lowest BCUT2D eigenvalue weighted by Crippen LogP contribution is -2.41. The van der Waals surface area contributed by atoms with Crippen LogP contribution in [0.15, 0.2) is 42.5 Å². The minimum absolute atomic E-state index is 0.00931. The Balaban J connectivity index is 1.74. The van der Waals surface area contributed by atoms with Crippen LogP contribution in [0.2, 0.25) is 0 Å². The Hall–Kier alpha value is -3.35. The van der Waals surface area contributed by atoms with Gasteiger partial charge >= 0.3 is 0 Å². The maximum absolute atomic E-state index is 12.2. The van der Waals surface area contributed by atoms with Crippen LogP contribution in [-0.4, -0.2) is 24.3 Å². The molecule has 0 bridgehead atoms. The SMILES string of the molecule is CCCCOc1cccc(C(=O)NNC(=O)CCC(=O)Nc2ccc(C)c(C)c2)c1. The van der Waals surface area contributed by atoms with Crippen molar-refractivity contribution in [2.45, 2.75) is 46.5 Å². The summed E-state index contributed by atoms with van der Waals surface area (Å²) in [4.78, 5) is 36.2. The van der Waals surface area contributed by atoms with E-state index in [1.165, 1.54) is 0 Å². The van der Waals surface area contributed by atoms with Crippen LogP contribution in [0.1, 0.15) is 54.1 Å². The Morgan fingerprint density at radius 3 is 2.40 bits per heavy atom. The Bertz CT molecular complexity index is 896. The second-order valence-corrected chi connectivity index (χ2v) is 7.08. The van der Waals surface area contributed by atoms with Gasteiger partial charge in [0.1, 0.15) is 5.75 Å². The molecule has 2 aromatic rings. The summed E-state index contributed by atoms with van der Waals surface area (Å²) < 4.78 is 5.58. The number of hydrogen-bond acceptors (Lipinski definition) is 4. The molecule has 0 radical (unpaired) electrons. The molecule has 2 rings (SSSR count). The van der Waals surface area contributed by atoms with Crippen molar-refractivity contribution in [3.05, 3.63) is 59.2 Å². The van der Waals surface area contributed by atoms with Crippen LogP contribution in [0.3, 0.4) is 0 Å². The Morgan fingerprint density at radius 1 is 0.900 bits per heavy atom. The fourth-order valence-corrected chi connectivity index (χ4v) is 2.59. The van der Waals surface area contributed by atoms with Crippen LogP contribution < -0.4 is 20.9 Å². The topological polar surface area (TPSA) is 96.5 Å². The number of anilines is 1. The number of amides is 3. The summed E-state index contributed by atoms with van der Waals surface area (Å²) in [5.74, 6) is -0.570. The summed E-state index contributed by atoms with van der Waals surface area (Å²) in [7, 11) is 0. The molecular weight excluding hydrogens is 382 g/mol. The van der Waals surface area contributed by atoms with E-state index < -0.39 is 11.8 Å². The number of carbonyl (C=O) groups is 3. The lowest BCUT2D eigenvalue weighted by molar-refractivity contribution is -0.124. The van der Waals surface area contributed by atoms with Gasteiger partial charge in [0, 0.05) is 24.1 Å². The maximum Gasteiger partial charge on any atom is 0.269 e. The van der Waals surface area contributed by atoms with Gasteiger partial charge in [-0.05, 0) is 61.7 Å². The molecule has 3 amide bonds. The molecule has 0 saturated carbocycles. The van der Waals surface area contributed by atoms with E-state index in [0.29, 0.717) is 23.6 Å². The average Bonchev–Trinajstić information content (AvgIpc) is 2.73. The number of hydrogen-bond donors (Lipinski definition) is 3. The zero-order valence-electron chi connectivity index (χ0n) is 17.7. The molecule has 0 atom stereocenters. The molecule has 0 heterocycles. The van der Waals surface area contributed by atoms with E-state index in [-0.39, 0.29) is 18.7 Å². The van der Waals surface area contributed by atoms with Gasteiger partial charge in [-0.2, -0.15) is 0 Å². The van der Waals surface area contributed by atoms with Crippen molar-refractivity contribution in [1.29, 1.82) is 0 Å². The zero-order valence-corrected chi connectivity index (χ0v) is 17.7. The average molecular weight is 412 g/mol. The summed E-state index contributed by atoms with van der Waals surface area (Å²) in [5.41, 5.74) is 7.97. The maximum atomic E-state index is 12.2. The van der Waals surface area contributed by atoms with Gasteiger partial charge in [0.05, 0.1) is 6.61 Å². The van der Waals surface area contributed by atoms with E-state index in [0.717, 1.165) is 24.0 Å². The Kier molecular flexibility index (Phi) is 8.87. The molecule has 0 unspecified atom stereocenters. The number of unbranched alkanes of at least 4 members (excludes halogenated alkanes) is 1. The van der Waals surface area contributed by atoms with Crippen LogP contribution >= 0.6 is 0 Å². The second-order valence-electron chi connectivity index (χ2n) is 7.08. The minimum atomic E-state index is -0.455. The van der Waals surface area contributed by atoms with Gasteiger partial charge in [-0.15, -0.1) is 0 Å². The molecule has 0 fully saturated rings. The smallest absolute Gasteiger partial charge is 0.269 e. The lowest BCUT2D eigenvalue weighted by atomic mass is 10.1. The number of benzene rings is 2. The van der Waals surface area contributed by atoms with Crippen LogP contribution in [0.4, 0.5) is 5.69 Å². The molecule has 0 aromatic heterocycles. The first-order valence-electron chi connectivity index (χ1n) is 10.1. The number of carbonyl (C=O) groups excluding carboxylic acids is 3. The number of hydrazine groups is 1. The monoisotopic (exact) mass is 411 g/mol. The quantitative estimate of drug-likeness (QED) is 0.433. The molecule has 0 aliphatic rings. The van der Waals surface area contributed by atoms with E-state index in [9.17, 15) is 14.4 Å². The molecule has 3 N–H and O–H groups in total. The number of nitrogens with one attached hydrogen (secondary N) is 3. The molecule has 7 nitrogen and oxygen atoms in total. The third-order valence-electron chi connectivity index (χ3n) is 4.55. The summed E-state index contributed by atoms with van der Waals surface area (Å²) in [5, 5.41) is 2.76. The van der Waals surface area contributed by atoms with Gasteiger partial charge < -0.3 is 10.1 Å². The predicted octanol–water partition coefficient (Wildman–Crippen LogP) is 3.66. The predicted molar refractivity (Wildman–Crippen MR) is 116 cm³/mol. The van der Waals surface area contributed by atoms with Crippen LogP contribution in [0, 0.1) is 13.8 Å². The van der Waals surface area contributed by atoms with Gasteiger partial charge in [0.2, 0.25) is 11.8 Å². The number of rotatable bonds is 9. The third-order valence-corrected chi connectivity index (χ3v) is 4.55. The Labute approximate surface area is 177 Å². The molecule has 7 heteroatoms. The van der Waals surface area contributed by atoms with E-state index in [1.807, 2.05) is 32.0 Å². The highest BCUT2D eigenvalue weighted by molar-refractivity contribution is 5.96. The summed E-state index contributed by atoms with van der Waals surface area (Å²) >= 11 is 0. The minimum Gasteiger partial charge on any atom is -0.494 e. The molecule has 160 valence electrons.